The van der Waals surface area contributed by atoms with Gasteiger partial charge in [-0.1, -0.05) is 29.8 Å². The molecule has 0 atom stereocenters. The summed E-state index contributed by atoms with van der Waals surface area (Å²) in [4.78, 5) is 10.8. The van der Waals surface area contributed by atoms with Crippen LogP contribution in [0.15, 0.2) is 24.3 Å². The third-order valence-electron chi connectivity index (χ3n) is 1.93. The van der Waals surface area contributed by atoms with Crippen molar-refractivity contribution in [2.24, 2.45) is 0 Å². The first-order chi connectivity index (χ1) is 7.67. The number of carbonyl (C=O) groups is 1. The minimum Gasteiger partial charge on any atom is -0.469 e. The van der Waals surface area contributed by atoms with Crippen molar-refractivity contribution in [3.8, 4) is 6.07 Å². The van der Waals surface area contributed by atoms with Crippen LogP contribution in [0.3, 0.4) is 0 Å². The van der Waals surface area contributed by atoms with E-state index in [0.717, 1.165) is 5.56 Å². The summed E-state index contributed by atoms with van der Waals surface area (Å²) < 4.78 is 4.49. The fraction of sp³-hybridized carbons (Fsp3) is 0.167. The Balaban J connectivity index is 2.75. The van der Waals surface area contributed by atoms with Crippen molar-refractivity contribution in [1.82, 2.24) is 0 Å². The van der Waals surface area contributed by atoms with Crippen molar-refractivity contribution >= 4 is 23.6 Å². The van der Waals surface area contributed by atoms with Crippen LogP contribution in [-0.4, -0.2) is 13.1 Å². The van der Waals surface area contributed by atoms with E-state index in [2.05, 4.69) is 4.74 Å². The average molecular weight is 236 g/mol. The number of hydrogen-bond donors (Lipinski definition) is 0. The molecule has 16 heavy (non-hydrogen) atoms. The molecule has 0 aliphatic heterocycles. The third kappa shape index (κ3) is 3.41. The Labute approximate surface area is 98.9 Å². The summed E-state index contributed by atoms with van der Waals surface area (Å²) in [7, 11) is 1.34. The maximum Gasteiger partial charge on any atom is 0.309 e. The van der Waals surface area contributed by atoms with Crippen molar-refractivity contribution < 1.29 is 9.53 Å². The molecule has 1 rings (SSSR count). The summed E-state index contributed by atoms with van der Waals surface area (Å²) in [6, 6.07) is 7.08. The number of ether oxygens (including phenoxy) is 1. The summed E-state index contributed by atoms with van der Waals surface area (Å²) in [5.74, 6) is -0.300. The van der Waals surface area contributed by atoms with Gasteiger partial charge in [0.25, 0.3) is 0 Å². The molecule has 0 aliphatic rings. The topological polar surface area (TPSA) is 50.1 Å². The van der Waals surface area contributed by atoms with Gasteiger partial charge in [-0.3, -0.25) is 4.79 Å². The maximum atomic E-state index is 10.8. The monoisotopic (exact) mass is 235 g/mol. The van der Waals surface area contributed by atoms with E-state index in [4.69, 9.17) is 16.9 Å². The quantitative estimate of drug-likeness (QED) is 0.757. The molecule has 3 nitrogen and oxygen atoms in total. The molecule has 0 aromatic heterocycles. The lowest BCUT2D eigenvalue weighted by Crippen LogP contribution is -1.96. The largest absolute Gasteiger partial charge is 0.469 e. The summed E-state index contributed by atoms with van der Waals surface area (Å²) in [6.07, 6.45) is 3.63. The second-order valence-corrected chi connectivity index (χ2v) is 3.44. The number of benzene rings is 1. The SMILES string of the molecule is COC(=O)CC=Cc1ccc(Cl)c(C#N)c1. The number of nitrogens with zero attached hydrogens (tertiary/aromatic N) is 1. The number of carbonyl (C=O) groups excluding carboxylic acids is 1. The zero-order valence-electron chi connectivity index (χ0n) is 8.74. The van der Waals surface area contributed by atoms with E-state index >= 15 is 0 Å². The van der Waals surface area contributed by atoms with Gasteiger partial charge in [0.2, 0.25) is 0 Å². The van der Waals surface area contributed by atoms with Gasteiger partial charge >= 0.3 is 5.97 Å². The molecule has 0 heterocycles. The van der Waals surface area contributed by atoms with Crippen LogP contribution in [0.5, 0.6) is 0 Å². The molecule has 0 aliphatic carbocycles. The first-order valence-electron chi connectivity index (χ1n) is 4.60. The smallest absolute Gasteiger partial charge is 0.309 e. The Kier molecular flexibility index (Phi) is 4.56. The molecular weight excluding hydrogens is 226 g/mol. The van der Waals surface area contributed by atoms with Crippen molar-refractivity contribution in [1.29, 1.82) is 5.26 Å². The number of methoxy groups -OCH3 is 1. The standard InChI is InChI=1S/C12H10ClNO2/c1-16-12(15)4-2-3-9-5-6-11(13)10(7-9)8-14/h2-3,5-7H,4H2,1H3. The van der Waals surface area contributed by atoms with Crippen molar-refractivity contribution in [2.75, 3.05) is 7.11 Å². The minimum atomic E-state index is -0.300. The molecule has 1 aromatic carbocycles. The van der Waals surface area contributed by atoms with Gasteiger partial charge in [-0.2, -0.15) is 5.26 Å². The van der Waals surface area contributed by atoms with Crippen molar-refractivity contribution in [2.45, 2.75) is 6.42 Å². The molecular formula is C12H10ClNO2. The van der Waals surface area contributed by atoms with Gasteiger partial charge in [0.1, 0.15) is 6.07 Å². The van der Waals surface area contributed by atoms with Crippen LogP contribution < -0.4 is 0 Å². The Hall–Kier alpha value is -1.79. The van der Waals surface area contributed by atoms with Crippen LogP contribution in [-0.2, 0) is 9.53 Å². The van der Waals surface area contributed by atoms with Crippen LogP contribution in [0, 0.1) is 11.3 Å². The van der Waals surface area contributed by atoms with Crippen LogP contribution in [0.4, 0.5) is 0 Å². The number of halogens is 1. The van der Waals surface area contributed by atoms with E-state index in [1.54, 1.807) is 30.4 Å². The fourth-order valence-corrected chi connectivity index (χ4v) is 1.27. The minimum absolute atomic E-state index is 0.209. The van der Waals surface area contributed by atoms with Gasteiger partial charge in [0, 0.05) is 0 Å². The number of esters is 1. The van der Waals surface area contributed by atoms with Gasteiger partial charge in [-0.25, -0.2) is 0 Å². The Bertz CT molecular complexity index is 461. The maximum absolute atomic E-state index is 10.8. The van der Waals surface area contributed by atoms with Crippen LogP contribution in [0.1, 0.15) is 17.5 Å². The lowest BCUT2D eigenvalue weighted by Gasteiger charge is -1.97. The molecule has 0 amide bonds. The molecule has 4 heteroatoms. The second-order valence-electron chi connectivity index (χ2n) is 3.03. The highest BCUT2D eigenvalue weighted by molar-refractivity contribution is 6.31. The predicted octanol–water partition coefficient (Wildman–Crippen LogP) is 2.79. The van der Waals surface area contributed by atoms with E-state index in [1.165, 1.54) is 7.11 Å². The van der Waals surface area contributed by atoms with Crippen molar-refractivity contribution in [3.63, 3.8) is 0 Å². The van der Waals surface area contributed by atoms with Gasteiger partial charge < -0.3 is 4.74 Å². The molecule has 1 aromatic rings. The van der Waals surface area contributed by atoms with Gasteiger partial charge in [0.15, 0.2) is 0 Å². The molecule has 0 N–H and O–H groups in total. The third-order valence-corrected chi connectivity index (χ3v) is 2.26. The molecule has 0 unspecified atom stereocenters. The Morgan fingerprint density at radius 1 is 1.62 bits per heavy atom. The van der Waals surface area contributed by atoms with Crippen LogP contribution >= 0.6 is 11.6 Å². The normalized spacial score (nSPS) is 10.1. The summed E-state index contributed by atoms with van der Waals surface area (Å²) in [6.45, 7) is 0. The fourth-order valence-electron chi connectivity index (χ4n) is 1.11. The highest BCUT2D eigenvalue weighted by Crippen LogP contribution is 2.17. The number of hydrogen-bond acceptors (Lipinski definition) is 3. The molecule has 0 bridgehead atoms. The van der Waals surface area contributed by atoms with Gasteiger partial charge in [-0.15, -0.1) is 0 Å². The van der Waals surface area contributed by atoms with Gasteiger partial charge in [0.05, 0.1) is 24.1 Å². The Morgan fingerprint density at radius 2 is 2.38 bits per heavy atom. The zero-order chi connectivity index (χ0) is 12.0. The molecule has 0 spiro atoms. The van der Waals surface area contributed by atoms with Gasteiger partial charge in [-0.05, 0) is 17.7 Å². The zero-order valence-corrected chi connectivity index (χ0v) is 9.49. The number of rotatable bonds is 3. The van der Waals surface area contributed by atoms with Crippen LogP contribution in [0.2, 0.25) is 5.02 Å². The van der Waals surface area contributed by atoms with E-state index < -0.39 is 0 Å². The lowest BCUT2D eigenvalue weighted by molar-refractivity contribution is -0.139. The first kappa shape index (κ1) is 12.3. The lowest BCUT2D eigenvalue weighted by atomic mass is 10.1. The number of nitriles is 1. The summed E-state index contributed by atoms with van der Waals surface area (Å²) >= 11 is 5.78. The van der Waals surface area contributed by atoms with E-state index in [9.17, 15) is 4.79 Å². The average Bonchev–Trinajstić information content (AvgIpc) is 2.31. The molecule has 0 saturated carbocycles. The Morgan fingerprint density at radius 3 is 3.00 bits per heavy atom. The predicted molar refractivity (Wildman–Crippen MR) is 61.8 cm³/mol. The van der Waals surface area contributed by atoms with E-state index in [-0.39, 0.29) is 12.4 Å². The van der Waals surface area contributed by atoms with Crippen molar-refractivity contribution in [3.05, 3.63) is 40.4 Å². The van der Waals surface area contributed by atoms with E-state index in [0.29, 0.717) is 10.6 Å². The highest BCUT2D eigenvalue weighted by Gasteiger charge is 1.99. The molecule has 82 valence electrons. The molecule has 0 fully saturated rings. The molecule has 0 saturated heterocycles. The van der Waals surface area contributed by atoms with Crippen LogP contribution in [0.25, 0.3) is 6.08 Å². The van der Waals surface area contributed by atoms with E-state index in [1.807, 2.05) is 6.07 Å². The molecule has 0 radical (unpaired) electrons. The second kappa shape index (κ2) is 5.94. The first-order valence-corrected chi connectivity index (χ1v) is 4.98. The summed E-state index contributed by atoms with van der Waals surface area (Å²) in [5, 5.41) is 9.19. The summed E-state index contributed by atoms with van der Waals surface area (Å²) in [5.41, 5.74) is 1.24. The highest BCUT2D eigenvalue weighted by atomic mass is 35.5.